The lowest BCUT2D eigenvalue weighted by molar-refractivity contribution is -0.167. The molecular formula is C59H92O6. The van der Waals surface area contributed by atoms with E-state index < -0.39 is 6.10 Å². The molecule has 1 atom stereocenters. The number of allylic oxidation sites excluding steroid dienone is 22. The maximum atomic E-state index is 12.8. The Labute approximate surface area is 398 Å². The SMILES string of the molecule is CC/C=C/C=C/C=C/C=C/C=C/C=C/C=C/CCCCCC(=O)OCC(COC(=O)CCCCC/C=C/C=C/C=C/C=C/CC)OC(=O)CCCCCCCCCCCCCCCCC. The number of rotatable bonds is 44. The standard InChI is InChI=1S/C59H92O6/c1-4-7-10-13-16-19-22-25-27-28-29-30-32-34-37-40-43-46-49-52-58(61)64-55-56(54-63-57(60)51-48-45-42-39-36-33-24-21-18-15-12-9-6-3)65-59(62)53-50-47-44-41-38-35-31-26-23-20-17-14-11-8-5-2/h7,9-10,12-13,15-16,18-19,21-22,24-25,27-30,32-34,36-37,56H,4-6,8,11,14,17,20,23,26,31,35,38-55H2,1-3H3/b10-7+,12-9+,16-13+,18-15+,22-19+,24-21+,27-25+,29-28+,32-30+,36-33+,37-34+. The van der Waals surface area contributed by atoms with Crippen molar-refractivity contribution in [3.8, 4) is 0 Å². The van der Waals surface area contributed by atoms with Gasteiger partial charge in [0.2, 0.25) is 0 Å². The van der Waals surface area contributed by atoms with Gasteiger partial charge in [0, 0.05) is 19.3 Å². The molecule has 0 fully saturated rings. The number of carbonyl (C=O) groups is 3. The van der Waals surface area contributed by atoms with Crippen LogP contribution in [0.25, 0.3) is 0 Å². The van der Waals surface area contributed by atoms with Gasteiger partial charge in [-0.15, -0.1) is 0 Å². The van der Waals surface area contributed by atoms with Crippen LogP contribution in [0.2, 0.25) is 0 Å². The lowest BCUT2D eigenvalue weighted by Crippen LogP contribution is -2.30. The monoisotopic (exact) mass is 897 g/mol. The van der Waals surface area contributed by atoms with Gasteiger partial charge in [0.05, 0.1) is 0 Å². The number of ether oxygens (including phenoxy) is 3. The highest BCUT2D eigenvalue weighted by atomic mass is 16.6. The smallest absolute Gasteiger partial charge is 0.306 e. The summed E-state index contributed by atoms with van der Waals surface area (Å²) >= 11 is 0. The number of hydrogen-bond acceptors (Lipinski definition) is 6. The molecule has 0 aliphatic carbocycles. The fraction of sp³-hybridized carbons (Fsp3) is 0.576. The van der Waals surface area contributed by atoms with Crippen molar-refractivity contribution in [1.29, 1.82) is 0 Å². The fourth-order valence-electron chi connectivity index (χ4n) is 6.61. The van der Waals surface area contributed by atoms with Crippen molar-refractivity contribution in [1.82, 2.24) is 0 Å². The van der Waals surface area contributed by atoms with Crippen LogP contribution in [0.3, 0.4) is 0 Å². The van der Waals surface area contributed by atoms with E-state index in [0.717, 1.165) is 83.5 Å². The zero-order valence-corrected chi connectivity index (χ0v) is 41.4. The molecule has 0 aromatic rings. The van der Waals surface area contributed by atoms with Gasteiger partial charge in [0.15, 0.2) is 6.10 Å². The van der Waals surface area contributed by atoms with Gasteiger partial charge in [-0.3, -0.25) is 14.4 Å². The average molecular weight is 897 g/mol. The molecule has 0 radical (unpaired) electrons. The molecule has 6 nitrogen and oxygen atoms in total. The van der Waals surface area contributed by atoms with Crippen LogP contribution in [0.5, 0.6) is 0 Å². The number of unbranched alkanes of at least 4 members (excludes halogenated alkanes) is 20. The summed E-state index contributed by atoms with van der Waals surface area (Å²) in [7, 11) is 0. The predicted octanol–water partition coefficient (Wildman–Crippen LogP) is 17.1. The Kier molecular flexibility index (Phi) is 48.6. The highest BCUT2D eigenvalue weighted by Crippen LogP contribution is 2.15. The average Bonchev–Trinajstić information content (AvgIpc) is 3.30. The zero-order valence-electron chi connectivity index (χ0n) is 41.4. The number of carbonyl (C=O) groups excluding carboxylic acids is 3. The van der Waals surface area contributed by atoms with Gasteiger partial charge in [-0.25, -0.2) is 0 Å². The first kappa shape index (κ1) is 60.5. The largest absolute Gasteiger partial charge is 0.462 e. The van der Waals surface area contributed by atoms with Crippen LogP contribution in [0.1, 0.15) is 201 Å². The van der Waals surface area contributed by atoms with E-state index in [0.29, 0.717) is 19.3 Å². The van der Waals surface area contributed by atoms with E-state index in [4.69, 9.17) is 14.2 Å². The van der Waals surface area contributed by atoms with Gasteiger partial charge in [-0.2, -0.15) is 0 Å². The van der Waals surface area contributed by atoms with Gasteiger partial charge in [0.1, 0.15) is 13.2 Å². The van der Waals surface area contributed by atoms with Crippen LogP contribution in [0.15, 0.2) is 134 Å². The molecule has 364 valence electrons. The minimum absolute atomic E-state index is 0.117. The molecule has 1 unspecified atom stereocenters. The Balaban J connectivity index is 4.56. The van der Waals surface area contributed by atoms with Gasteiger partial charge in [0.25, 0.3) is 0 Å². The van der Waals surface area contributed by atoms with E-state index in [2.05, 4.69) is 45.1 Å². The summed E-state index contributed by atoms with van der Waals surface area (Å²) in [5.74, 6) is -1.00. The summed E-state index contributed by atoms with van der Waals surface area (Å²) in [5.41, 5.74) is 0. The molecule has 65 heavy (non-hydrogen) atoms. The molecule has 0 aliphatic heterocycles. The number of hydrogen-bond donors (Lipinski definition) is 0. The van der Waals surface area contributed by atoms with E-state index in [-0.39, 0.29) is 31.1 Å². The van der Waals surface area contributed by atoms with E-state index in [9.17, 15) is 14.4 Å². The molecule has 0 heterocycles. The minimum atomic E-state index is -0.816. The van der Waals surface area contributed by atoms with Crippen LogP contribution in [-0.4, -0.2) is 37.2 Å². The first-order valence-electron chi connectivity index (χ1n) is 25.8. The second-order valence-electron chi connectivity index (χ2n) is 16.6. The van der Waals surface area contributed by atoms with Crippen molar-refractivity contribution in [2.24, 2.45) is 0 Å². The Morgan fingerprint density at radius 2 is 0.600 bits per heavy atom. The van der Waals surface area contributed by atoms with Crippen LogP contribution < -0.4 is 0 Å². The molecule has 0 amide bonds. The fourth-order valence-corrected chi connectivity index (χ4v) is 6.61. The molecule has 0 saturated heterocycles. The van der Waals surface area contributed by atoms with Crippen molar-refractivity contribution in [2.75, 3.05) is 13.2 Å². The Morgan fingerprint density at radius 3 is 0.938 bits per heavy atom. The Bertz CT molecular complexity index is 1450. The van der Waals surface area contributed by atoms with Crippen molar-refractivity contribution in [3.63, 3.8) is 0 Å². The van der Waals surface area contributed by atoms with E-state index >= 15 is 0 Å². The lowest BCUT2D eigenvalue weighted by atomic mass is 10.0. The van der Waals surface area contributed by atoms with Crippen LogP contribution >= 0.6 is 0 Å². The second kappa shape index (κ2) is 52.2. The normalized spacial score (nSPS) is 13.2. The van der Waals surface area contributed by atoms with Crippen molar-refractivity contribution in [3.05, 3.63) is 134 Å². The van der Waals surface area contributed by atoms with Gasteiger partial charge < -0.3 is 14.2 Å². The topological polar surface area (TPSA) is 78.9 Å². The van der Waals surface area contributed by atoms with Crippen molar-refractivity contribution < 1.29 is 28.6 Å². The van der Waals surface area contributed by atoms with Crippen LogP contribution in [0, 0.1) is 0 Å². The van der Waals surface area contributed by atoms with E-state index in [1.807, 2.05) is 109 Å². The predicted molar refractivity (Wildman–Crippen MR) is 279 cm³/mol. The van der Waals surface area contributed by atoms with E-state index in [1.165, 1.54) is 77.0 Å². The molecule has 0 aromatic heterocycles. The molecule has 0 aliphatic rings. The van der Waals surface area contributed by atoms with Crippen LogP contribution in [-0.2, 0) is 28.6 Å². The minimum Gasteiger partial charge on any atom is -0.462 e. The second-order valence-corrected chi connectivity index (χ2v) is 16.6. The molecular weight excluding hydrogens is 805 g/mol. The third-order valence-electron chi connectivity index (χ3n) is 10.4. The third kappa shape index (κ3) is 50.4. The molecule has 0 saturated carbocycles. The maximum Gasteiger partial charge on any atom is 0.306 e. The highest BCUT2D eigenvalue weighted by Gasteiger charge is 2.19. The van der Waals surface area contributed by atoms with Crippen LogP contribution in [0.4, 0.5) is 0 Å². The maximum absolute atomic E-state index is 12.8. The molecule has 0 rings (SSSR count). The molecule has 0 bridgehead atoms. The highest BCUT2D eigenvalue weighted by molar-refractivity contribution is 5.71. The third-order valence-corrected chi connectivity index (χ3v) is 10.4. The quantitative estimate of drug-likeness (QED) is 0.0262. The zero-order chi connectivity index (χ0) is 47.2. The number of esters is 3. The first-order valence-corrected chi connectivity index (χ1v) is 25.8. The van der Waals surface area contributed by atoms with E-state index in [1.54, 1.807) is 0 Å². The molecule has 0 aromatic carbocycles. The summed E-state index contributed by atoms with van der Waals surface area (Å²) in [6.45, 7) is 6.26. The summed E-state index contributed by atoms with van der Waals surface area (Å²) in [5, 5.41) is 0. The molecule has 0 spiro atoms. The summed E-state index contributed by atoms with van der Waals surface area (Å²) in [6, 6.07) is 0. The molecule has 6 heteroatoms. The van der Waals surface area contributed by atoms with Crippen molar-refractivity contribution in [2.45, 2.75) is 207 Å². The summed E-state index contributed by atoms with van der Waals surface area (Å²) in [4.78, 5) is 38.0. The van der Waals surface area contributed by atoms with Gasteiger partial charge in [-0.1, -0.05) is 257 Å². The Morgan fingerprint density at radius 1 is 0.323 bits per heavy atom. The lowest BCUT2D eigenvalue weighted by Gasteiger charge is -2.18. The summed E-state index contributed by atoms with van der Waals surface area (Å²) < 4.78 is 16.7. The van der Waals surface area contributed by atoms with Gasteiger partial charge >= 0.3 is 17.9 Å². The molecule has 0 N–H and O–H groups in total. The first-order chi connectivity index (χ1) is 32.0. The summed E-state index contributed by atoms with van der Waals surface area (Å²) in [6.07, 6.45) is 72.9. The van der Waals surface area contributed by atoms with Gasteiger partial charge in [-0.05, 0) is 57.8 Å². The Hall–Kier alpha value is -4.45. The van der Waals surface area contributed by atoms with Crippen molar-refractivity contribution >= 4 is 17.9 Å².